The van der Waals surface area contributed by atoms with Crippen molar-refractivity contribution in [3.63, 3.8) is 0 Å². The second-order valence-electron chi connectivity index (χ2n) is 6.87. The highest BCUT2D eigenvalue weighted by atomic mass is 35.5. The van der Waals surface area contributed by atoms with E-state index >= 15 is 0 Å². The Morgan fingerprint density at radius 2 is 2.19 bits per heavy atom. The van der Waals surface area contributed by atoms with E-state index < -0.39 is 0 Å². The smallest absolute Gasteiger partial charge is 0.272 e. The maximum atomic E-state index is 12.7. The number of hydrogen-bond acceptors (Lipinski definition) is 5. The van der Waals surface area contributed by atoms with Crippen LogP contribution in [0.1, 0.15) is 52.1 Å². The Kier molecular flexibility index (Phi) is 6.01. The summed E-state index contributed by atoms with van der Waals surface area (Å²) in [6, 6.07) is 4.08. The van der Waals surface area contributed by atoms with E-state index in [1.807, 2.05) is 19.1 Å². The first-order chi connectivity index (χ1) is 12.2. The van der Waals surface area contributed by atoms with Crippen LogP contribution in [0.4, 0.5) is 0 Å². The quantitative estimate of drug-likeness (QED) is 0.739. The topological polar surface area (TPSA) is 86.2 Å². The van der Waals surface area contributed by atoms with Crippen molar-refractivity contribution in [3.8, 4) is 0 Å². The predicted octanol–water partition coefficient (Wildman–Crippen LogP) is 1.95. The third-order valence-electron chi connectivity index (χ3n) is 5.15. The van der Waals surface area contributed by atoms with Gasteiger partial charge in [-0.2, -0.15) is 5.10 Å². The molecule has 142 valence electrons. The Morgan fingerprint density at radius 1 is 1.38 bits per heavy atom. The highest BCUT2D eigenvalue weighted by Crippen LogP contribution is 2.26. The number of carbonyl (C=O) groups is 1. The number of H-pyrrole nitrogens is 1. The molecule has 1 unspecified atom stereocenters. The van der Waals surface area contributed by atoms with Gasteiger partial charge in [-0.25, -0.2) is 0 Å². The Balaban J connectivity index is 0.00000196. The average Bonchev–Trinajstić information content (AvgIpc) is 3.35. The zero-order valence-electron chi connectivity index (χ0n) is 15.0. The Bertz CT molecular complexity index is 751. The number of aromatic nitrogens is 2. The minimum atomic E-state index is -0.117. The van der Waals surface area contributed by atoms with Crippen LogP contribution in [-0.2, 0) is 13.0 Å². The van der Waals surface area contributed by atoms with E-state index in [2.05, 4.69) is 25.7 Å². The first-order valence-electron chi connectivity index (χ1n) is 9.08. The molecule has 4 heterocycles. The molecule has 8 heteroatoms. The van der Waals surface area contributed by atoms with Crippen molar-refractivity contribution in [3.05, 3.63) is 40.6 Å². The minimum absolute atomic E-state index is 0. The highest BCUT2D eigenvalue weighted by molar-refractivity contribution is 5.94. The standard InChI is InChI=1S/C18H25N5O2.ClH/c1-12-4-5-16(25-12)15(23-8-2-3-9-23)11-20-18(24)17-13-10-19-7-6-14(13)21-22-17;/h4-5,15,19H,2-3,6-11H2,1H3,(H,20,24)(H,21,22);1H. The largest absolute Gasteiger partial charge is 0.465 e. The fourth-order valence-corrected chi connectivity index (χ4v) is 3.78. The van der Waals surface area contributed by atoms with Gasteiger partial charge < -0.3 is 15.1 Å². The maximum Gasteiger partial charge on any atom is 0.272 e. The van der Waals surface area contributed by atoms with E-state index in [4.69, 9.17) is 4.42 Å². The van der Waals surface area contributed by atoms with Crippen LogP contribution in [0.3, 0.4) is 0 Å². The van der Waals surface area contributed by atoms with Crippen molar-refractivity contribution in [2.75, 3.05) is 26.2 Å². The van der Waals surface area contributed by atoms with Crippen molar-refractivity contribution in [1.29, 1.82) is 0 Å². The molecule has 1 amide bonds. The van der Waals surface area contributed by atoms with Gasteiger partial charge in [0.15, 0.2) is 5.69 Å². The van der Waals surface area contributed by atoms with Gasteiger partial charge in [0, 0.05) is 37.3 Å². The maximum absolute atomic E-state index is 12.7. The van der Waals surface area contributed by atoms with Gasteiger partial charge in [0.25, 0.3) is 5.91 Å². The second-order valence-corrected chi connectivity index (χ2v) is 6.87. The molecule has 2 aromatic rings. The fourth-order valence-electron chi connectivity index (χ4n) is 3.78. The summed E-state index contributed by atoms with van der Waals surface area (Å²) in [7, 11) is 0. The number of rotatable bonds is 5. The number of nitrogens with one attached hydrogen (secondary N) is 3. The Morgan fingerprint density at radius 3 is 2.92 bits per heavy atom. The number of nitrogens with zero attached hydrogens (tertiary/aromatic N) is 2. The lowest BCUT2D eigenvalue weighted by Crippen LogP contribution is -2.37. The lowest BCUT2D eigenvalue weighted by Gasteiger charge is -2.26. The van der Waals surface area contributed by atoms with Crippen LogP contribution in [0.2, 0.25) is 0 Å². The molecule has 1 atom stereocenters. The Hall–Kier alpha value is -1.83. The molecule has 1 saturated heterocycles. The summed E-state index contributed by atoms with van der Waals surface area (Å²) in [5, 5.41) is 13.6. The summed E-state index contributed by atoms with van der Waals surface area (Å²) in [6.07, 6.45) is 3.28. The molecule has 7 nitrogen and oxygen atoms in total. The van der Waals surface area contributed by atoms with Crippen molar-refractivity contribution >= 4 is 18.3 Å². The zero-order chi connectivity index (χ0) is 17.2. The van der Waals surface area contributed by atoms with Gasteiger partial charge in [0.2, 0.25) is 0 Å². The number of halogens is 1. The molecular formula is C18H26ClN5O2. The number of amides is 1. The molecule has 0 radical (unpaired) electrons. The third kappa shape index (κ3) is 3.79. The summed E-state index contributed by atoms with van der Waals surface area (Å²) in [6.45, 7) is 6.18. The third-order valence-corrected chi connectivity index (χ3v) is 5.15. The van der Waals surface area contributed by atoms with E-state index in [0.717, 1.165) is 48.8 Å². The number of aryl methyl sites for hydroxylation is 1. The van der Waals surface area contributed by atoms with E-state index in [9.17, 15) is 4.79 Å². The van der Waals surface area contributed by atoms with Crippen molar-refractivity contribution in [2.24, 2.45) is 0 Å². The summed E-state index contributed by atoms with van der Waals surface area (Å²) in [5.41, 5.74) is 2.58. The predicted molar refractivity (Wildman–Crippen MR) is 101 cm³/mol. The molecule has 1 fully saturated rings. The number of aromatic amines is 1. The van der Waals surface area contributed by atoms with Gasteiger partial charge >= 0.3 is 0 Å². The first kappa shape index (κ1) is 18.9. The average molecular weight is 380 g/mol. The lowest BCUT2D eigenvalue weighted by molar-refractivity contribution is 0.0927. The molecule has 0 aromatic carbocycles. The van der Waals surface area contributed by atoms with Gasteiger partial charge in [0.05, 0.1) is 6.04 Å². The van der Waals surface area contributed by atoms with E-state index in [-0.39, 0.29) is 24.4 Å². The van der Waals surface area contributed by atoms with Gasteiger partial charge in [-0.05, 0) is 45.0 Å². The molecule has 26 heavy (non-hydrogen) atoms. The van der Waals surface area contributed by atoms with Crippen LogP contribution in [0.5, 0.6) is 0 Å². The molecule has 0 spiro atoms. The summed E-state index contributed by atoms with van der Waals surface area (Å²) in [5.74, 6) is 1.71. The fraction of sp³-hybridized carbons (Fsp3) is 0.556. The highest BCUT2D eigenvalue weighted by Gasteiger charge is 2.28. The molecular weight excluding hydrogens is 354 g/mol. The monoisotopic (exact) mass is 379 g/mol. The van der Waals surface area contributed by atoms with Crippen LogP contribution in [0.25, 0.3) is 0 Å². The van der Waals surface area contributed by atoms with Crippen LogP contribution in [0, 0.1) is 6.92 Å². The summed E-state index contributed by atoms with van der Waals surface area (Å²) >= 11 is 0. The van der Waals surface area contributed by atoms with Crippen LogP contribution in [0.15, 0.2) is 16.5 Å². The van der Waals surface area contributed by atoms with E-state index in [0.29, 0.717) is 18.8 Å². The number of furan rings is 1. The first-order valence-corrected chi connectivity index (χ1v) is 9.08. The zero-order valence-corrected chi connectivity index (χ0v) is 15.8. The molecule has 3 N–H and O–H groups in total. The molecule has 0 saturated carbocycles. The normalized spacial score (nSPS) is 18.2. The van der Waals surface area contributed by atoms with E-state index in [1.165, 1.54) is 12.8 Å². The number of fused-ring (bicyclic) bond motifs is 1. The molecule has 2 aromatic heterocycles. The van der Waals surface area contributed by atoms with Crippen LogP contribution in [-0.4, -0.2) is 47.2 Å². The molecule has 2 aliphatic heterocycles. The SMILES string of the molecule is Cc1ccc(C(CNC(=O)c2n[nH]c3c2CNCC3)N2CCCC2)o1.Cl. The van der Waals surface area contributed by atoms with E-state index in [1.54, 1.807) is 0 Å². The van der Waals surface area contributed by atoms with Crippen LogP contribution < -0.4 is 10.6 Å². The number of hydrogen-bond donors (Lipinski definition) is 3. The molecule has 2 aliphatic rings. The summed E-state index contributed by atoms with van der Waals surface area (Å²) in [4.78, 5) is 15.1. The van der Waals surface area contributed by atoms with Crippen molar-refractivity contribution in [2.45, 2.75) is 38.8 Å². The lowest BCUT2D eigenvalue weighted by atomic mass is 10.1. The van der Waals surface area contributed by atoms with Gasteiger partial charge in [-0.1, -0.05) is 0 Å². The van der Waals surface area contributed by atoms with Crippen LogP contribution >= 0.6 is 12.4 Å². The number of likely N-dealkylation sites (tertiary alicyclic amines) is 1. The van der Waals surface area contributed by atoms with Gasteiger partial charge in [-0.15, -0.1) is 12.4 Å². The second kappa shape index (κ2) is 8.24. The molecule has 4 rings (SSSR count). The van der Waals surface area contributed by atoms with Crippen molar-refractivity contribution < 1.29 is 9.21 Å². The van der Waals surface area contributed by atoms with Gasteiger partial charge in [0.1, 0.15) is 11.5 Å². The molecule has 0 aliphatic carbocycles. The minimum Gasteiger partial charge on any atom is -0.465 e. The van der Waals surface area contributed by atoms with Crippen molar-refractivity contribution in [1.82, 2.24) is 25.7 Å². The van der Waals surface area contributed by atoms with Gasteiger partial charge in [-0.3, -0.25) is 14.8 Å². The number of carbonyl (C=O) groups excluding carboxylic acids is 1. The Labute approximate surface area is 159 Å². The summed E-state index contributed by atoms with van der Waals surface area (Å²) < 4.78 is 5.85. The molecule has 0 bridgehead atoms.